The Bertz CT molecular complexity index is 367. The molecule has 0 heterocycles. The standard InChI is InChI=1S/C16H24O2/c1-12-8-10-16(11-9-12)13(2)6-5-7-14(3)18-15(4)17/h8-11,13-14H,5-7H2,1-4H3. The molecule has 0 bridgehead atoms. The summed E-state index contributed by atoms with van der Waals surface area (Å²) in [5, 5.41) is 0. The van der Waals surface area contributed by atoms with Gasteiger partial charge in [-0.15, -0.1) is 0 Å². The van der Waals surface area contributed by atoms with E-state index in [1.165, 1.54) is 18.1 Å². The number of benzene rings is 1. The summed E-state index contributed by atoms with van der Waals surface area (Å²) in [5.41, 5.74) is 2.69. The van der Waals surface area contributed by atoms with Crippen LogP contribution in [0.2, 0.25) is 0 Å². The van der Waals surface area contributed by atoms with Gasteiger partial charge in [-0.05, 0) is 44.6 Å². The smallest absolute Gasteiger partial charge is 0.302 e. The van der Waals surface area contributed by atoms with Gasteiger partial charge in [0.05, 0.1) is 6.10 Å². The van der Waals surface area contributed by atoms with E-state index < -0.39 is 0 Å². The lowest BCUT2D eigenvalue weighted by Crippen LogP contribution is -2.12. The third-order valence-electron chi connectivity index (χ3n) is 3.26. The zero-order chi connectivity index (χ0) is 13.5. The molecule has 0 radical (unpaired) electrons. The predicted octanol–water partition coefficient (Wildman–Crippen LogP) is 4.22. The molecule has 2 nitrogen and oxygen atoms in total. The van der Waals surface area contributed by atoms with Gasteiger partial charge in [-0.1, -0.05) is 36.8 Å². The van der Waals surface area contributed by atoms with Crippen LogP contribution in [-0.4, -0.2) is 12.1 Å². The summed E-state index contributed by atoms with van der Waals surface area (Å²) >= 11 is 0. The summed E-state index contributed by atoms with van der Waals surface area (Å²) in [6.45, 7) is 7.78. The van der Waals surface area contributed by atoms with Crippen LogP contribution in [0.3, 0.4) is 0 Å². The van der Waals surface area contributed by atoms with E-state index in [1.54, 1.807) is 0 Å². The van der Waals surface area contributed by atoms with E-state index >= 15 is 0 Å². The average molecular weight is 248 g/mol. The van der Waals surface area contributed by atoms with Crippen LogP contribution in [0.15, 0.2) is 24.3 Å². The molecule has 0 fully saturated rings. The summed E-state index contributed by atoms with van der Waals surface area (Å²) in [5.74, 6) is 0.379. The van der Waals surface area contributed by atoms with Crippen molar-refractivity contribution in [3.05, 3.63) is 35.4 Å². The van der Waals surface area contributed by atoms with E-state index in [-0.39, 0.29) is 12.1 Å². The van der Waals surface area contributed by atoms with Crippen molar-refractivity contribution in [1.82, 2.24) is 0 Å². The highest BCUT2D eigenvalue weighted by Gasteiger charge is 2.08. The van der Waals surface area contributed by atoms with Crippen molar-refractivity contribution < 1.29 is 9.53 Å². The number of hydrogen-bond acceptors (Lipinski definition) is 2. The molecule has 0 aliphatic heterocycles. The van der Waals surface area contributed by atoms with Crippen LogP contribution >= 0.6 is 0 Å². The summed E-state index contributed by atoms with van der Waals surface area (Å²) in [4.78, 5) is 10.8. The van der Waals surface area contributed by atoms with E-state index in [1.807, 2.05) is 6.92 Å². The van der Waals surface area contributed by atoms with Crippen molar-refractivity contribution in [2.75, 3.05) is 0 Å². The summed E-state index contributed by atoms with van der Waals surface area (Å²) in [6.07, 6.45) is 3.20. The second-order valence-electron chi connectivity index (χ2n) is 5.16. The summed E-state index contributed by atoms with van der Waals surface area (Å²) in [6, 6.07) is 8.73. The Labute approximate surface area is 110 Å². The first kappa shape index (κ1) is 14.7. The van der Waals surface area contributed by atoms with Gasteiger partial charge in [-0.2, -0.15) is 0 Å². The molecule has 2 heteroatoms. The SMILES string of the molecule is CC(=O)OC(C)CCCC(C)c1ccc(C)cc1. The van der Waals surface area contributed by atoms with Gasteiger partial charge in [-0.25, -0.2) is 0 Å². The molecule has 2 unspecified atom stereocenters. The highest BCUT2D eigenvalue weighted by molar-refractivity contribution is 5.66. The number of carbonyl (C=O) groups excluding carboxylic acids is 1. The number of carbonyl (C=O) groups is 1. The normalized spacial score (nSPS) is 14.0. The van der Waals surface area contributed by atoms with Gasteiger partial charge in [0.2, 0.25) is 0 Å². The zero-order valence-corrected chi connectivity index (χ0v) is 11.9. The van der Waals surface area contributed by atoms with Gasteiger partial charge in [-0.3, -0.25) is 4.79 Å². The minimum atomic E-state index is -0.186. The van der Waals surface area contributed by atoms with Gasteiger partial charge < -0.3 is 4.74 Å². The van der Waals surface area contributed by atoms with E-state index in [9.17, 15) is 4.79 Å². The van der Waals surface area contributed by atoms with Crippen molar-refractivity contribution >= 4 is 5.97 Å². The van der Waals surface area contributed by atoms with Crippen LogP contribution < -0.4 is 0 Å². The Morgan fingerprint density at radius 3 is 2.33 bits per heavy atom. The largest absolute Gasteiger partial charge is 0.463 e. The quantitative estimate of drug-likeness (QED) is 0.704. The maximum atomic E-state index is 10.8. The molecule has 18 heavy (non-hydrogen) atoms. The Balaban J connectivity index is 2.31. The van der Waals surface area contributed by atoms with Gasteiger partial charge in [0.15, 0.2) is 0 Å². The molecule has 1 aromatic carbocycles. The van der Waals surface area contributed by atoms with E-state index in [0.717, 1.165) is 19.3 Å². The minimum absolute atomic E-state index is 0.0349. The molecule has 1 rings (SSSR count). The number of aryl methyl sites for hydroxylation is 1. The number of esters is 1. The second-order valence-corrected chi connectivity index (χ2v) is 5.16. The predicted molar refractivity (Wildman–Crippen MR) is 74.7 cm³/mol. The molecule has 0 N–H and O–H groups in total. The van der Waals surface area contributed by atoms with E-state index in [2.05, 4.69) is 38.1 Å². The Hall–Kier alpha value is -1.31. The highest BCUT2D eigenvalue weighted by Crippen LogP contribution is 2.22. The van der Waals surface area contributed by atoms with E-state index in [4.69, 9.17) is 4.74 Å². The molecule has 0 spiro atoms. The first-order chi connectivity index (χ1) is 8.49. The van der Waals surface area contributed by atoms with Crippen molar-refractivity contribution in [3.63, 3.8) is 0 Å². The summed E-state index contributed by atoms with van der Waals surface area (Å²) < 4.78 is 5.11. The van der Waals surface area contributed by atoms with Crippen LogP contribution in [0.4, 0.5) is 0 Å². The molecule has 1 aromatic rings. The van der Waals surface area contributed by atoms with E-state index in [0.29, 0.717) is 5.92 Å². The Morgan fingerprint density at radius 1 is 1.17 bits per heavy atom. The number of ether oxygens (including phenoxy) is 1. The molecular weight excluding hydrogens is 224 g/mol. The monoisotopic (exact) mass is 248 g/mol. The molecule has 0 aliphatic carbocycles. The first-order valence-electron chi connectivity index (χ1n) is 6.73. The van der Waals surface area contributed by atoms with Crippen LogP contribution in [0.25, 0.3) is 0 Å². The number of hydrogen-bond donors (Lipinski definition) is 0. The molecule has 0 aliphatic rings. The lowest BCUT2D eigenvalue weighted by atomic mass is 9.94. The third kappa shape index (κ3) is 5.35. The fourth-order valence-electron chi connectivity index (χ4n) is 2.12. The Morgan fingerprint density at radius 2 is 1.78 bits per heavy atom. The molecule has 0 aromatic heterocycles. The Kier molecular flexibility index (Phi) is 5.90. The average Bonchev–Trinajstić information content (AvgIpc) is 2.28. The first-order valence-corrected chi connectivity index (χ1v) is 6.73. The highest BCUT2D eigenvalue weighted by atomic mass is 16.5. The van der Waals surface area contributed by atoms with Gasteiger partial charge >= 0.3 is 5.97 Å². The molecule has 0 saturated carbocycles. The molecule has 0 saturated heterocycles. The summed E-state index contributed by atoms with van der Waals surface area (Å²) in [7, 11) is 0. The molecule has 2 atom stereocenters. The molecule has 0 amide bonds. The van der Waals surface area contributed by atoms with Crippen LogP contribution in [0, 0.1) is 6.92 Å². The number of rotatable bonds is 6. The van der Waals surface area contributed by atoms with Gasteiger partial charge in [0.25, 0.3) is 0 Å². The van der Waals surface area contributed by atoms with Crippen molar-refractivity contribution in [1.29, 1.82) is 0 Å². The van der Waals surface area contributed by atoms with Gasteiger partial charge in [0.1, 0.15) is 0 Å². The minimum Gasteiger partial charge on any atom is -0.463 e. The lowest BCUT2D eigenvalue weighted by Gasteiger charge is -2.15. The van der Waals surface area contributed by atoms with Crippen molar-refractivity contribution in [2.24, 2.45) is 0 Å². The maximum Gasteiger partial charge on any atom is 0.302 e. The van der Waals surface area contributed by atoms with Crippen LogP contribution in [-0.2, 0) is 9.53 Å². The fourth-order valence-corrected chi connectivity index (χ4v) is 2.12. The van der Waals surface area contributed by atoms with Crippen molar-refractivity contribution in [3.8, 4) is 0 Å². The van der Waals surface area contributed by atoms with Crippen LogP contribution in [0.5, 0.6) is 0 Å². The van der Waals surface area contributed by atoms with Gasteiger partial charge in [0, 0.05) is 6.92 Å². The fraction of sp³-hybridized carbons (Fsp3) is 0.562. The lowest BCUT2D eigenvalue weighted by molar-refractivity contribution is -0.145. The molecular formula is C16H24O2. The maximum absolute atomic E-state index is 10.8. The molecule has 100 valence electrons. The van der Waals surface area contributed by atoms with Crippen LogP contribution in [0.1, 0.15) is 57.1 Å². The van der Waals surface area contributed by atoms with Crippen molar-refractivity contribution in [2.45, 2.75) is 59.0 Å². The third-order valence-corrected chi connectivity index (χ3v) is 3.26. The second kappa shape index (κ2) is 7.20. The zero-order valence-electron chi connectivity index (χ0n) is 11.9. The topological polar surface area (TPSA) is 26.3 Å².